The topological polar surface area (TPSA) is 88.4 Å². The van der Waals surface area contributed by atoms with Gasteiger partial charge in [0.05, 0.1) is 35.4 Å². The third-order valence-electron chi connectivity index (χ3n) is 3.00. The fourth-order valence-electron chi connectivity index (χ4n) is 1.87. The molecule has 0 saturated heterocycles. The van der Waals surface area contributed by atoms with E-state index in [1.807, 2.05) is 6.07 Å². The summed E-state index contributed by atoms with van der Waals surface area (Å²) in [7, 11) is -0.970. The van der Waals surface area contributed by atoms with Gasteiger partial charge in [0.25, 0.3) is 10.0 Å². The maximum atomic E-state index is 12.4. The van der Waals surface area contributed by atoms with Gasteiger partial charge >= 0.3 is 0 Å². The number of anilines is 1. The number of methoxy groups -OCH3 is 2. The number of benzene rings is 2. The van der Waals surface area contributed by atoms with E-state index in [1.165, 1.54) is 50.6 Å². The molecular formula is C15H13ClN2O4S. The number of halogens is 1. The molecule has 0 fully saturated rings. The minimum absolute atomic E-state index is 0.00334. The van der Waals surface area contributed by atoms with Crippen molar-refractivity contribution in [3.63, 3.8) is 0 Å². The van der Waals surface area contributed by atoms with Crippen molar-refractivity contribution in [1.29, 1.82) is 5.26 Å². The molecule has 0 saturated carbocycles. The first kappa shape index (κ1) is 16.9. The number of hydrogen-bond donors (Lipinski definition) is 1. The maximum absolute atomic E-state index is 12.4. The number of rotatable bonds is 5. The lowest BCUT2D eigenvalue weighted by atomic mass is 10.2. The average Bonchev–Trinajstić information content (AvgIpc) is 2.55. The molecule has 23 heavy (non-hydrogen) atoms. The summed E-state index contributed by atoms with van der Waals surface area (Å²) >= 11 is 5.83. The smallest absolute Gasteiger partial charge is 0.262 e. The first-order chi connectivity index (χ1) is 10.9. The Bertz CT molecular complexity index is 876. The molecule has 0 amide bonds. The van der Waals surface area contributed by atoms with Crippen LogP contribution in [-0.4, -0.2) is 22.6 Å². The van der Waals surface area contributed by atoms with Gasteiger partial charge in [-0.25, -0.2) is 8.42 Å². The number of nitrogens with one attached hydrogen (secondary N) is 1. The lowest BCUT2D eigenvalue weighted by Crippen LogP contribution is -2.13. The van der Waals surface area contributed by atoms with Crippen LogP contribution in [0.1, 0.15) is 5.56 Å². The normalized spacial score (nSPS) is 10.7. The highest BCUT2D eigenvalue weighted by atomic mass is 35.5. The van der Waals surface area contributed by atoms with Crippen molar-refractivity contribution in [2.24, 2.45) is 0 Å². The summed E-state index contributed by atoms with van der Waals surface area (Å²) in [5.74, 6) is 0.717. The largest absolute Gasteiger partial charge is 0.493 e. The molecule has 1 N–H and O–H groups in total. The van der Waals surface area contributed by atoms with Crippen molar-refractivity contribution in [2.45, 2.75) is 4.90 Å². The Morgan fingerprint density at radius 2 is 1.78 bits per heavy atom. The molecule has 2 aromatic carbocycles. The van der Waals surface area contributed by atoms with Gasteiger partial charge in [0.2, 0.25) is 0 Å². The van der Waals surface area contributed by atoms with Crippen molar-refractivity contribution >= 4 is 27.3 Å². The minimum atomic E-state index is -3.85. The van der Waals surface area contributed by atoms with Gasteiger partial charge in [-0.1, -0.05) is 11.6 Å². The molecule has 0 bridgehead atoms. The van der Waals surface area contributed by atoms with Crippen LogP contribution < -0.4 is 14.2 Å². The summed E-state index contributed by atoms with van der Waals surface area (Å²) < 4.78 is 37.4. The number of nitrogens with zero attached hydrogens (tertiary/aromatic N) is 1. The summed E-state index contributed by atoms with van der Waals surface area (Å²) in [6, 6.07) is 10.4. The van der Waals surface area contributed by atoms with E-state index in [2.05, 4.69) is 4.72 Å². The van der Waals surface area contributed by atoms with Crippen LogP contribution >= 0.6 is 11.6 Å². The van der Waals surface area contributed by atoms with Crippen molar-refractivity contribution in [1.82, 2.24) is 0 Å². The Morgan fingerprint density at radius 3 is 2.39 bits per heavy atom. The molecule has 0 aliphatic carbocycles. The number of hydrogen-bond acceptors (Lipinski definition) is 5. The third kappa shape index (κ3) is 3.67. The Hall–Kier alpha value is -2.43. The monoisotopic (exact) mass is 352 g/mol. The van der Waals surface area contributed by atoms with Gasteiger partial charge in [0.15, 0.2) is 11.5 Å². The van der Waals surface area contributed by atoms with Gasteiger partial charge in [-0.2, -0.15) is 5.26 Å². The second-order valence-corrected chi connectivity index (χ2v) is 6.52. The van der Waals surface area contributed by atoms with Crippen molar-refractivity contribution < 1.29 is 17.9 Å². The summed E-state index contributed by atoms with van der Waals surface area (Å²) in [4.78, 5) is 0.00334. The maximum Gasteiger partial charge on any atom is 0.262 e. The van der Waals surface area contributed by atoms with Crippen LogP contribution in [0.15, 0.2) is 41.3 Å². The van der Waals surface area contributed by atoms with Crippen LogP contribution in [0.25, 0.3) is 0 Å². The Morgan fingerprint density at radius 1 is 1.09 bits per heavy atom. The summed E-state index contributed by atoms with van der Waals surface area (Å²) in [6.45, 7) is 0. The van der Waals surface area contributed by atoms with Gasteiger partial charge < -0.3 is 9.47 Å². The molecule has 0 aliphatic rings. The lowest BCUT2D eigenvalue weighted by molar-refractivity contribution is 0.354. The van der Waals surface area contributed by atoms with Gasteiger partial charge in [-0.05, 0) is 30.3 Å². The SMILES string of the molecule is COc1ccc(S(=O)(=O)Nc2ccc(Cl)c(C#N)c2)cc1OC. The highest BCUT2D eigenvalue weighted by Gasteiger charge is 2.17. The van der Waals surface area contributed by atoms with Gasteiger partial charge in [-0.3, -0.25) is 4.72 Å². The summed E-state index contributed by atoms with van der Waals surface area (Å²) in [6.07, 6.45) is 0. The fraction of sp³-hybridized carbons (Fsp3) is 0.133. The highest BCUT2D eigenvalue weighted by molar-refractivity contribution is 7.92. The summed E-state index contributed by atoms with van der Waals surface area (Å²) in [5, 5.41) is 9.19. The van der Waals surface area contributed by atoms with E-state index < -0.39 is 10.0 Å². The Kier molecular flexibility index (Phi) is 4.98. The van der Waals surface area contributed by atoms with Crippen molar-refractivity contribution in [3.8, 4) is 17.6 Å². The van der Waals surface area contributed by atoms with Crippen molar-refractivity contribution in [2.75, 3.05) is 18.9 Å². The fourth-order valence-corrected chi connectivity index (χ4v) is 3.10. The first-order valence-electron chi connectivity index (χ1n) is 6.35. The van der Waals surface area contributed by atoms with Crippen LogP contribution in [0.4, 0.5) is 5.69 Å². The number of sulfonamides is 1. The predicted octanol–water partition coefficient (Wildman–Crippen LogP) is 3.03. The van der Waals surface area contributed by atoms with Crippen LogP contribution in [0.5, 0.6) is 11.5 Å². The zero-order valence-corrected chi connectivity index (χ0v) is 13.9. The van der Waals surface area contributed by atoms with Crippen molar-refractivity contribution in [3.05, 3.63) is 47.0 Å². The zero-order chi connectivity index (χ0) is 17.0. The van der Waals surface area contributed by atoms with Crippen LogP contribution in [-0.2, 0) is 10.0 Å². The molecule has 0 atom stereocenters. The van der Waals surface area contributed by atoms with Crippen LogP contribution in [0.2, 0.25) is 5.02 Å². The quantitative estimate of drug-likeness (QED) is 0.893. The molecule has 0 radical (unpaired) electrons. The van der Waals surface area contributed by atoms with E-state index in [1.54, 1.807) is 0 Å². The molecular weight excluding hydrogens is 340 g/mol. The van der Waals surface area contributed by atoms with Crippen LogP contribution in [0.3, 0.4) is 0 Å². The molecule has 0 unspecified atom stereocenters. The Labute approximate surface area is 139 Å². The van der Waals surface area contributed by atoms with Crippen LogP contribution in [0, 0.1) is 11.3 Å². The molecule has 6 nitrogen and oxygen atoms in total. The highest BCUT2D eigenvalue weighted by Crippen LogP contribution is 2.30. The number of ether oxygens (including phenoxy) is 2. The summed E-state index contributed by atoms with van der Waals surface area (Å²) in [5.41, 5.74) is 0.417. The average molecular weight is 353 g/mol. The van der Waals surface area contributed by atoms with E-state index >= 15 is 0 Å². The van der Waals surface area contributed by atoms with Gasteiger partial charge in [0.1, 0.15) is 6.07 Å². The molecule has 0 heterocycles. The standard InChI is InChI=1S/C15H13ClN2O4S/c1-21-14-6-4-12(8-15(14)22-2)23(19,20)18-11-3-5-13(16)10(7-11)9-17/h3-8,18H,1-2H3. The van der Waals surface area contributed by atoms with Gasteiger partial charge in [0, 0.05) is 6.07 Å². The zero-order valence-electron chi connectivity index (χ0n) is 12.3. The number of nitriles is 1. The molecule has 0 spiro atoms. The second kappa shape index (κ2) is 6.77. The van der Waals surface area contributed by atoms with E-state index in [4.69, 9.17) is 26.3 Å². The third-order valence-corrected chi connectivity index (χ3v) is 4.71. The van der Waals surface area contributed by atoms with E-state index in [-0.39, 0.29) is 21.2 Å². The second-order valence-electron chi connectivity index (χ2n) is 4.43. The molecule has 120 valence electrons. The first-order valence-corrected chi connectivity index (χ1v) is 8.22. The lowest BCUT2D eigenvalue weighted by Gasteiger charge is -2.12. The van der Waals surface area contributed by atoms with E-state index in [0.717, 1.165) is 0 Å². The predicted molar refractivity (Wildman–Crippen MR) is 86.5 cm³/mol. The van der Waals surface area contributed by atoms with Gasteiger partial charge in [-0.15, -0.1) is 0 Å². The molecule has 2 rings (SSSR count). The molecule has 0 aliphatic heterocycles. The van der Waals surface area contributed by atoms with E-state index in [0.29, 0.717) is 11.5 Å². The van der Waals surface area contributed by atoms with E-state index in [9.17, 15) is 8.42 Å². The molecule has 2 aromatic rings. The molecule has 8 heteroatoms. The Balaban J connectivity index is 2.38. The molecule has 0 aromatic heterocycles. The minimum Gasteiger partial charge on any atom is -0.493 e.